The van der Waals surface area contributed by atoms with E-state index in [2.05, 4.69) is 15.3 Å². The summed E-state index contributed by atoms with van der Waals surface area (Å²) in [6.07, 6.45) is 2.88. The first-order valence-electron chi connectivity index (χ1n) is 13.5. The molecule has 0 saturated heterocycles. The molecule has 0 aliphatic rings. The Hall–Kier alpha value is -5.46. The monoisotopic (exact) mass is 588 g/mol. The van der Waals surface area contributed by atoms with Gasteiger partial charge in [0, 0.05) is 24.1 Å². The van der Waals surface area contributed by atoms with Crippen molar-refractivity contribution in [3.63, 3.8) is 0 Å². The van der Waals surface area contributed by atoms with E-state index in [1.165, 1.54) is 12.5 Å². The summed E-state index contributed by atoms with van der Waals surface area (Å²) in [5.41, 5.74) is 1.82. The van der Waals surface area contributed by atoms with E-state index < -0.39 is 11.5 Å². The molecule has 1 atom stereocenters. The number of ether oxygens (including phenoxy) is 1. The van der Waals surface area contributed by atoms with Crippen molar-refractivity contribution in [1.29, 1.82) is 5.26 Å². The summed E-state index contributed by atoms with van der Waals surface area (Å²) >= 11 is 6.47. The molecule has 0 unspecified atom stereocenters. The molecular formula is C33H25ClN6O3. The average molecular weight is 589 g/mol. The molecule has 1 N–H and O–H groups in total. The van der Waals surface area contributed by atoms with E-state index in [0.717, 1.165) is 11.3 Å². The molecule has 0 radical (unpaired) electrons. The predicted octanol–water partition coefficient (Wildman–Crippen LogP) is 5.85. The second-order valence-electron chi connectivity index (χ2n) is 10.00. The number of pyridine rings is 2. The smallest absolute Gasteiger partial charge is 0.264 e. The number of rotatable bonds is 7. The Morgan fingerprint density at radius 1 is 1.00 bits per heavy atom. The third-order valence-corrected chi connectivity index (χ3v) is 7.64. The maximum Gasteiger partial charge on any atom is 0.264 e. The lowest BCUT2D eigenvalue weighted by molar-refractivity contribution is 0.414. The van der Waals surface area contributed by atoms with Gasteiger partial charge in [-0.3, -0.25) is 14.2 Å². The largest absolute Gasteiger partial charge is 0.497 e. The van der Waals surface area contributed by atoms with Gasteiger partial charge in [0.1, 0.15) is 40.6 Å². The number of hydrogen-bond donors (Lipinski definition) is 1. The quantitative estimate of drug-likeness (QED) is 0.249. The van der Waals surface area contributed by atoms with Gasteiger partial charge < -0.3 is 14.6 Å². The third-order valence-electron chi connectivity index (χ3n) is 7.32. The Bertz CT molecular complexity index is 2150. The summed E-state index contributed by atoms with van der Waals surface area (Å²) in [5, 5.41) is 14.8. The van der Waals surface area contributed by atoms with Gasteiger partial charge >= 0.3 is 0 Å². The van der Waals surface area contributed by atoms with Crippen LogP contribution in [0.15, 0.2) is 101 Å². The van der Waals surface area contributed by atoms with Crippen LogP contribution in [0.3, 0.4) is 0 Å². The minimum atomic E-state index is -0.505. The number of halogens is 1. The normalized spacial score (nSPS) is 11.8. The summed E-state index contributed by atoms with van der Waals surface area (Å²) in [4.78, 5) is 36.2. The highest BCUT2D eigenvalue weighted by atomic mass is 35.5. The zero-order valence-electron chi connectivity index (χ0n) is 23.3. The highest BCUT2D eigenvalue weighted by molar-refractivity contribution is 6.35. The van der Waals surface area contributed by atoms with E-state index in [1.807, 2.05) is 79.7 Å². The maximum atomic E-state index is 13.9. The first kappa shape index (κ1) is 27.7. The molecule has 9 nitrogen and oxygen atoms in total. The summed E-state index contributed by atoms with van der Waals surface area (Å²) in [7, 11) is 1.60. The molecule has 6 rings (SSSR count). The van der Waals surface area contributed by atoms with Crippen LogP contribution in [-0.4, -0.2) is 26.2 Å². The SMILES string of the molecule is COc1ccc(Cn2cc(C#N)c(=O)c3c(N[C@@H](C)c4cc5cccc(Cl)c5c(=O)n4-c4ccccc4)ncnc32)cc1. The summed E-state index contributed by atoms with van der Waals surface area (Å²) in [6.45, 7) is 2.24. The Morgan fingerprint density at radius 3 is 2.49 bits per heavy atom. The third kappa shape index (κ3) is 5.09. The Kier molecular flexibility index (Phi) is 7.36. The van der Waals surface area contributed by atoms with E-state index in [-0.39, 0.29) is 22.3 Å². The molecule has 0 bridgehead atoms. The molecule has 0 spiro atoms. The molecule has 0 aliphatic heterocycles. The van der Waals surface area contributed by atoms with Crippen molar-refractivity contribution < 1.29 is 4.74 Å². The standard InChI is InChI=1S/C33H25ClN6O3/c1-20(27-15-22-7-6-10-26(34)28(22)33(42)40(27)24-8-4-3-5-9-24)38-31-29-30(41)23(16-35)18-39(32(29)37-19-36-31)17-21-11-13-25(43-2)14-12-21/h3-15,18-20H,17H2,1-2H3,(H,36,37,38)/t20-/m0/s1. The summed E-state index contributed by atoms with van der Waals surface area (Å²) in [6, 6.07) is 25.5. The van der Waals surface area contributed by atoms with Crippen molar-refractivity contribution >= 4 is 39.2 Å². The second-order valence-corrected chi connectivity index (χ2v) is 10.4. The number of aromatic nitrogens is 4. The first-order chi connectivity index (χ1) is 20.9. The van der Waals surface area contributed by atoms with Crippen LogP contribution in [0.1, 0.15) is 29.8 Å². The van der Waals surface area contributed by atoms with Gasteiger partial charge in [0.25, 0.3) is 5.56 Å². The number of nitrogens with one attached hydrogen (secondary N) is 1. The van der Waals surface area contributed by atoms with Crippen LogP contribution in [0.2, 0.25) is 5.02 Å². The van der Waals surface area contributed by atoms with E-state index in [0.29, 0.717) is 39.4 Å². The zero-order chi connectivity index (χ0) is 30.1. The van der Waals surface area contributed by atoms with E-state index in [4.69, 9.17) is 16.3 Å². The number of anilines is 1. The number of methoxy groups -OCH3 is 1. The van der Waals surface area contributed by atoms with Crippen LogP contribution < -0.4 is 21.0 Å². The van der Waals surface area contributed by atoms with Gasteiger partial charge in [-0.15, -0.1) is 0 Å². The molecule has 0 aliphatic carbocycles. The average Bonchev–Trinajstić information content (AvgIpc) is 3.03. The lowest BCUT2D eigenvalue weighted by Gasteiger charge is -2.22. The molecule has 43 heavy (non-hydrogen) atoms. The van der Waals surface area contributed by atoms with Crippen molar-refractivity contribution in [2.24, 2.45) is 0 Å². The number of nitrogens with zero attached hydrogens (tertiary/aromatic N) is 5. The number of benzene rings is 3. The minimum Gasteiger partial charge on any atom is -0.497 e. The maximum absolute atomic E-state index is 13.9. The topological polar surface area (TPSA) is 115 Å². The molecule has 212 valence electrons. The van der Waals surface area contributed by atoms with Gasteiger partial charge in [-0.1, -0.05) is 54.1 Å². The molecule has 10 heteroatoms. The predicted molar refractivity (Wildman–Crippen MR) is 167 cm³/mol. The van der Waals surface area contributed by atoms with Gasteiger partial charge in [0.15, 0.2) is 0 Å². The van der Waals surface area contributed by atoms with Crippen molar-refractivity contribution in [1.82, 2.24) is 19.1 Å². The second kappa shape index (κ2) is 11.4. The van der Waals surface area contributed by atoms with Gasteiger partial charge in [0.2, 0.25) is 5.43 Å². The number of hydrogen-bond acceptors (Lipinski definition) is 7. The Balaban J connectivity index is 1.49. The van der Waals surface area contributed by atoms with Crippen molar-refractivity contribution in [2.45, 2.75) is 19.5 Å². The van der Waals surface area contributed by atoms with Crippen LogP contribution in [0.25, 0.3) is 27.5 Å². The summed E-state index contributed by atoms with van der Waals surface area (Å²) < 4.78 is 8.62. The van der Waals surface area contributed by atoms with Gasteiger partial charge in [-0.25, -0.2) is 9.97 Å². The Morgan fingerprint density at radius 2 is 1.77 bits per heavy atom. The fourth-order valence-corrected chi connectivity index (χ4v) is 5.49. The molecule has 0 amide bonds. The number of nitriles is 1. The van der Waals surface area contributed by atoms with Crippen molar-refractivity contribution in [3.8, 4) is 17.5 Å². The van der Waals surface area contributed by atoms with Gasteiger partial charge in [0.05, 0.1) is 23.6 Å². The van der Waals surface area contributed by atoms with Crippen LogP contribution in [0, 0.1) is 11.3 Å². The molecule has 0 fully saturated rings. The fraction of sp³-hybridized carbons (Fsp3) is 0.121. The fourth-order valence-electron chi connectivity index (χ4n) is 5.23. The minimum absolute atomic E-state index is 0.0342. The molecule has 0 saturated carbocycles. The highest BCUT2D eigenvalue weighted by Crippen LogP contribution is 2.28. The molecule has 3 aromatic heterocycles. The van der Waals surface area contributed by atoms with Crippen LogP contribution in [-0.2, 0) is 6.54 Å². The van der Waals surface area contributed by atoms with Crippen LogP contribution in [0.4, 0.5) is 5.82 Å². The van der Waals surface area contributed by atoms with Gasteiger partial charge in [-0.2, -0.15) is 5.26 Å². The summed E-state index contributed by atoms with van der Waals surface area (Å²) in [5.74, 6) is 0.972. The molecule has 6 aromatic rings. The lowest BCUT2D eigenvalue weighted by atomic mass is 10.1. The molecule has 3 heterocycles. The van der Waals surface area contributed by atoms with Crippen molar-refractivity contribution in [2.75, 3.05) is 12.4 Å². The van der Waals surface area contributed by atoms with Crippen molar-refractivity contribution in [3.05, 3.63) is 134 Å². The molecule has 3 aromatic carbocycles. The first-order valence-corrected chi connectivity index (χ1v) is 13.8. The van der Waals surface area contributed by atoms with E-state index in [9.17, 15) is 14.9 Å². The highest BCUT2D eigenvalue weighted by Gasteiger charge is 2.21. The van der Waals surface area contributed by atoms with E-state index in [1.54, 1.807) is 28.4 Å². The Labute approximate surface area is 251 Å². The van der Waals surface area contributed by atoms with E-state index >= 15 is 0 Å². The molecular weight excluding hydrogens is 564 g/mol. The number of fused-ring (bicyclic) bond motifs is 2. The lowest BCUT2D eigenvalue weighted by Crippen LogP contribution is -2.26. The van der Waals surface area contributed by atoms with Crippen LogP contribution in [0.5, 0.6) is 5.75 Å². The number of para-hydroxylation sites is 1. The zero-order valence-corrected chi connectivity index (χ0v) is 24.0. The van der Waals surface area contributed by atoms with Gasteiger partial charge in [-0.05, 0) is 54.3 Å². The van der Waals surface area contributed by atoms with Crippen LogP contribution >= 0.6 is 11.6 Å².